The van der Waals surface area contributed by atoms with Crippen molar-refractivity contribution >= 4 is 22.4 Å². The molecule has 27 heavy (non-hydrogen) atoms. The van der Waals surface area contributed by atoms with E-state index < -0.39 is 0 Å². The largest absolute Gasteiger partial charge is 0.296 e. The van der Waals surface area contributed by atoms with Crippen LogP contribution in [0.5, 0.6) is 0 Å². The summed E-state index contributed by atoms with van der Waals surface area (Å²) >= 11 is 1.39. The molecule has 0 aliphatic heterocycles. The van der Waals surface area contributed by atoms with Gasteiger partial charge in [0, 0.05) is 17.3 Å². The number of nitrogens with zero attached hydrogens (tertiary/aromatic N) is 6. The standard InChI is InChI=1S/C18H15N7OS/c1-11-6-7-13(20-9-11)16-12(2)27-18(22-16)23-17(26)14-10-21-24-25(14)15-5-3-4-8-19-15/h3-10H,1-2H3,(H,22,23,26). The highest BCUT2D eigenvalue weighted by Gasteiger charge is 2.18. The van der Waals surface area contributed by atoms with Crippen LogP contribution in [0.3, 0.4) is 0 Å². The second-order valence-electron chi connectivity index (χ2n) is 5.82. The Morgan fingerprint density at radius 2 is 2.00 bits per heavy atom. The van der Waals surface area contributed by atoms with Crippen molar-refractivity contribution in [2.24, 2.45) is 0 Å². The van der Waals surface area contributed by atoms with Crippen LogP contribution in [0.2, 0.25) is 0 Å². The number of pyridine rings is 2. The van der Waals surface area contributed by atoms with Gasteiger partial charge in [0.15, 0.2) is 16.6 Å². The Hall–Kier alpha value is -3.46. The number of hydrogen-bond acceptors (Lipinski definition) is 7. The fraction of sp³-hybridized carbons (Fsp3) is 0.111. The first kappa shape index (κ1) is 17.0. The summed E-state index contributed by atoms with van der Waals surface area (Å²) in [5.74, 6) is 0.155. The maximum atomic E-state index is 12.7. The van der Waals surface area contributed by atoms with Gasteiger partial charge in [0.1, 0.15) is 5.69 Å². The molecule has 0 radical (unpaired) electrons. The number of carbonyl (C=O) groups is 1. The van der Waals surface area contributed by atoms with Gasteiger partial charge >= 0.3 is 0 Å². The molecule has 0 saturated heterocycles. The van der Waals surface area contributed by atoms with Gasteiger partial charge < -0.3 is 0 Å². The summed E-state index contributed by atoms with van der Waals surface area (Å²) in [6.45, 7) is 3.93. The lowest BCUT2D eigenvalue weighted by Gasteiger charge is -2.04. The molecule has 0 saturated carbocycles. The van der Waals surface area contributed by atoms with E-state index in [1.165, 1.54) is 22.2 Å². The minimum atomic E-state index is -0.359. The van der Waals surface area contributed by atoms with Gasteiger partial charge in [-0.3, -0.25) is 15.1 Å². The van der Waals surface area contributed by atoms with Gasteiger partial charge in [-0.05, 0) is 37.6 Å². The fourth-order valence-electron chi connectivity index (χ4n) is 2.49. The van der Waals surface area contributed by atoms with Crippen LogP contribution in [0.15, 0.2) is 48.9 Å². The number of anilines is 1. The van der Waals surface area contributed by atoms with Crippen LogP contribution in [0.1, 0.15) is 20.9 Å². The van der Waals surface area contributed by atoms with Crippen LogP contribution in [0, 0.1) is 13.8 Å². The number of thiazole rings is 1. The molecule has 134 valence electrons. The third-order valence-electron chi connectivity index (χ3n) is 3.82. The maximum Gasteiger partial charge on any atom is 0.277 e. The average Bonchev–Trinajstić information content (AvgIpc) is 3.30. The van der Waals surface area contributed by atoms with Crippen molar-refractivity contribution in [3.05, 3.63) is 65.1 Å². The molecule has 0 spiro atoms. The van der Waals surface area contributed by atoms with E-state index in [0.717, 1.165) is 21.8 Å². The van der Waals surface area contributed by atoms with Crippen LogP contribution < -0.4 is 5.32 Å². The molecular formula is C18H15N7OS. The molecule has 0 aliphatic carbocycles. The molecular weight excluding hydrogens is 362 g/mol. The Morgan fingerprint density at radius 1 is 1.11 bits per heavy atom. The molecule has 4 aromatic rings. The second-order valence-corrected chi connectivity index (χ2v) is 7.02. The number of amides is 1. The van der Waals surface area contributed by atoms with Crippen molar-refractivity contribution in [2.45, 2.75) is 13.8 Å². The van der Waals surface area contributed by atoms with E-state index in [4.69, 9.17) is 0 Å². The molecule has 0 aromatic carbocycles. The zero-order chi connectivity index (χ0) is 18.8. The van der Waals surface area contributed by atoms with Crippen LogP contribution in [-0.2, 0) is 0 Å². The van der Waals surface area contributed by atoms with Gasteiger partial charge in [0.05, 0.1) is 11.9 Å². The summed E-state index contributed by atoms with van der Waals surface area (Å²) in [6.07, 6.45) is 4.82. The summed E-state index contributed by atoms with van der Waals surface area (Å²) in [6, 6.07) is 9.26. The minimum absolute atomic E-state index is 0.275. The zero-order valence-corrected chi connectivity index (χ0v) is 15.4. The highest BCUT2D eigenvalue weighted by molar-refractivity contribution is 7.16. The van der Waals surface area contributed by atoms with Crippen molar-refractivity contribution < 1.29 is 4.79 Å². The predicted molar refractivity (Wildman–Crippen MR) is 102 cm³/mol. The van der Waals surface area contributed by atoms with Gasteiger partial charge in [-0.2, -0.15) is 4.68 Å². The smallest absolute Gasteiger partial charge is 0.277 e. The number of aromatic nitrogens is 6. The topological polar surface area (TPSA) is 98.5 Å². The minimum Gasteiger partial charge on any atom is -0.296 e. The second kappa shape index (κ2) is 7.04. The lowest BCUT2D eigenvalue weighted by atomic mass is 10.2. The number of carbonyl (C=O) groups excluding carboxylic acids is 1. The van der Waals surface area contributed by atoms with Crippen molar-refractivity contribution in [3.63, 3.8) is 0 Å². The highest BCUT2D eigenvalue weighted by atomic mass is 32.1. The Kier molecular flexibility index (Phi) is 4.43. The van der Waals surface area contributed by atoms with Gasteiger partial charge in [-0.1, -0.05) is 17.3 Å². The van der Waals surface area contributed by atoms with Crippen LogP contribution >= 0.6 is 11.3 Å². The molecule has 1 amide bonds. The quantitative estimate of drug-likeness (QED) is 0.587. The molecule has 1 N–H and O–H groups in total. The van der Waals surface area contributed by atoms with E-state index in [1.807, 2.05) is 32.0 Å². The highest BCUT2D eigenvalue weighted by Crippen LogP contribution is 2.29. The molecule has 4 heterocycles. The van der Waals surface area contributed by atoms with Crippen molar-refractivity contribution in [2.75, 3.05) is 5.32 Å². The molecule has 8 nitrogen and oxygen atoms in total. The summed E-state index contributed by atoms with van der Waals surface area (Å²) in [7, 11) is 0. The molecule has 0 fully saturated rings. The molecule has 0 bridgehead atoms. The number of rotatable bonds is 4. The molecule has 4 aromatic heterocycles. The molecule has 9 heteroatoms. The summed E-state index contributed by atoms with van der Waals surface area (Å²) < 4.78 is 1.39. The lowest BCUT2D eigenvalue weighted by molar-refractivity contribution is 0.101. The first-order chi connectivity index (χ1) is 13.1. The molecule has 4 rings (SSSR count). The Bertz CT molecular complexity index is 1090. The maximum absolute atomic E-state index is 12.7. The predicted octanol–water partition coefficient (Wildman–Crippen LogP) is 3.05. The SMILES string of the molecule is Cc1ccc(-c2nc(NC(=O)c3cnnn3-c3ccccn3)sc2C)nc1. The van der Waals surface area contributed by atoms with E-state index in [0.29, 0.717) is 10.9 Å². The van der Waals surface area contributed by atoms with E-state index in [2.05, 4.69) is 30.6 Å². The lowest BCUT2D eigenvalue weighted by Crippen LogP contribution is -2.17. The van der Waals surface area contributed by atoms with Crippen molar-refractivity contribution in [1.82, 2.24) is 29.9 Å². The summed E-state index contributed by atoms with van der Waals surface area (Å²) in [5.41, 5.74) is 2.88. The first-order valence-corrected chi connectivity index (χ1v) is 8.97. The van der Waals surface area contributed by atoms with Gasteiger partial charge in [0.25, 0.3) is 5.91 Å². The normalized spacial score (nSPS) is 10.7. The summed E-state index contributed by atoms with van der Waals surface area (Å²) in [4.78, 5) is 26.8. The zero-order valence-electron chi connectivity index (χ0n) is 14.6. The number of aryl methyl sites for hydroxylation is 2. The van der Waals surface area contributed by atoms with Crippen LogP contribution in [0.25, 0.3) is 17.2 Å². The fourth-order valence-corrected chi connectivity index (χ4v) is 3.31. The third-order valence-corrected chi connectivity index (χ3v) is 4.71. The van der Waals surface area contributed by atoms with Crippen LogP contribution in [-0.4, -0.2) is 35.9 Å². The van der Waals surface area contributed by atoms with Gasteiger partial charge in [-0.15, -0.1) is 16.4 Å². The molecule has 0 aliphatic rings. The van der Waals surface area contributed by atoms with Crippen molar-refractivity contribution in [1.29, 1.82) is 0 Å². The van der Waals surface area contributed by atoms with E-state index in [-0.39, 0.29) is 11.6 Å². The van der Waals surface area contributed by atoms with Gasteiger partial charge in [0.2, 0.25) is 0 Å². The van der Waals surface area contributed by atoms with E-state index in [9.17, 15) is 4.79 Å². The Labute approximate surface area is 159 Å². The number of hydrogen-bond donors (Lipinski definition) is 1. The Morgan fingerprint density at radius 3 is 2.74 bits per heavy atom. The van der Waals surface area contributed by atoms with E-state index >= 15 is 0 Å². The van der Waals surface area contributed by atoms with Crippen molar-refractivity contribution in [3.8, 4) is 17.2 Å². The third kappa shape index (κ3) is 3.44. The molecule has 0 atom stereocenters. The first-order valence-electron chi connectivity index (χ1n) is 8.16. The summed E-state index contributed by atoms with van der Waals surface area (Å²) in [5, 5.41) is 11.1. The van der Waals surface area contributed by atoms with E-state index in [1.54, 1.807) is 24.5 Å². The molecule has 0 unspecified atom stereocenters. The van der Waals surface area contributed by atoms with Crippen LogP contribution in [0.4, 0.5) is 5.13 Å². The monoisotopic (exact) mass is 377 g/mol. The average molecular weight is 377 g/mol. The Balaban J connectivity index is 1.59. The van der Waals surface area contributed by atoms with Gasteiger partial charge in [-0.25, -0.2) is 9.97 Å². The number of nitrogens with one attached hydrogen (secondary N) is 1.